The Hall–Kier alpha value is -1.71. The SMILES string of the molecule is COc1ccc2c(c1)C1(CC2)CCN(C(=O)OC(C)(C)C)CC1. The average molecular weight is 317 g/mol. The fraction of sp³-hybridized carbons (Fsp3) is 0.632. The van der Waals surface area contributed by atoms with Crippen LogP contribution < -0.4 is 4.74 Å². The van der Waals surface area contributed by atoms with Gasteiger partial charge in [0.05, 0.1) is 7.11 Å². The zero-order valence-corrected chi connectivity index (χ0v) is 14.6. The second-order valence-corrected chi connectivity index (χ2v) is 7.77. The number of hydrogen-bond donors (Lipinski definition) is 0. The van der Waals surface area contributed by atoms with Crippen molar-refractivity contribution in [3.63, 3.8) is 0 Å². The van der Waals surface area contributed by atoms with Crippen LogP contribution in [0.3, 0.4) is 0 Å². The topological polar surface area (TPSA) is 38.8 Å². The van der Waals surface area contributed by atoms with Gasteiger partial charge in [-0.3, -0.25) is 0 Å². The largest absolute Gasteiger partial charge is 0.497 e. The molecule has 1 aromatic rings. The first-order valence-corrected chi connectivity index (χ1v) is 8.48. The van der Waals surface area contributed by atoms with Crippen LogP contribution in [0.2, 0.25) is 0 Å². The van der Waals surface area contributed by atoms with Crippen molar-refractivity contribution in [3.05, 3.63) is 29.3 Å². The summed E-state index contributed by atoms with van der Waals surface area (Å²) in [6.45, 7) is 7.28. The summed E-state index contributed by atoms with van der Waals surface area (Å²) in [4.78, 5) is 14.1. The normalized spacial score (nSPS) is 19.6. The lowest BCUT2D eigenvalue weighted by Crippen LogP contribution is -2.46. The fourth-order valence-corrected chi connectivity index (χ4v) is 3.87. The van der Waals surface area contributed by atoms with Crippen LogP contribution in [0.1, 0.15) is 51.2 Å². The number of carbonyl (C=O) groups excluding carboxylic acids is 1. The average Bonchev–Trinajstić information content (AvgIpc) is 2.84. The van der Waals surface area contributed by atoms with Gasteiger partial charge in [0.25, 0.3) is 0 Å². The lowest BCUT2D eigenvalue weighted by atomic mass is 9.74. The van der Waals surface area contributed by atoms with E-state index in [0.717, 1.165) is 38.1 Å². The number of aryl methyl sites for hydroxylation is 1. The van der Waals surface area contributed by atoms with Gasteiger partial charge >= 0.3 is 6.09 Å². The third-order valence-electron chi connectivity index (χ3n) is 5.13. The van der Waals surface area contributed by atoms with E-state index in [0.29, 0.717) is 0 Å². The Morgan fingerprint density at radius 2 is 1.87 bits per heavy atom. The summed E-state index contributed by atoms with van der Waals surface area (Å²) >= 11 is 0. The molecule has 1 fully saturated rings. The van der Waals surface area contributed by atoms with Crippen molar-refractivity contribution < 1.29 is 14.3 Å². The van der Waals surface area contributed by atoms with Gasteiger partial charge < -0.3 is 14.4 Å². The van der Waals surface area contributed by atoms with Gasteiger partial charge in [-0.05, 0) is 75.1 Å². The zero-order chi connectivity index (χ0) is 16.7. The first-order chi connectivity index (χ1) is 10.8. The van der Waals surface area contributed by atoms with Gasteiger partial charge in [-0.25, -0.2) is 4.79 Å². The lowest BCUT2D eigenvalue weighted by Gasteiger charge is -2.40. The molecule has 0 radical (unpaired) electrons. The van der Waals surface area contributed by atoms with Crippen LogP contribution in [-0.2, 0) is 16.6 Å². The highest BCUT2D eigenvalue weighted by molar-refractivity contribution is 5.68. The summed E-state index contributed by atoms with van der Waals surface area (Å²) in [7, 11) is 1.72. The van der Waals surface area contributed by atoms with Crippen molar-refractivity contribution in [1.82, 2.24) is 4.90 Å². The molecule has 0 atom stereocenters. The number of hydrogen-bond acceptors (Lipinski definition) is 3. The molecule has 1 aliphatic heterocycles. The van der Waals surface area contributed by atoms with Crippen molar-refractivity contribution in [2.45, 2.75) is 57.5 Å². The maximum absolute atomic E-state index is 12.2. The Bertz CT molecular complexity index is 595. The standard InChI is InChI=1S/C19H27NO3/c1-18(2,3)23-17(21)20-11-9-19(10-12-20)8-7-14-5-6-15(22-4)13-16(14)19/h5-6,13H,7-12H2,1-4H3. The molecule has 1 spiro atoms. The van der Waals surface area contributed by atoms with E-state index >= 15 is 0 Å². The molecule has 4 nitrogen and oxygen atoms in total. The number of ether oxygens (including phenoxy) is 2. The Morgan fingerprint density at radius 3 is 2.48 bits per heavy atom. The van der Waals surface area contributed by atoms with Gasteiger partial charge in [0.15, 0.2) is 0 Å². The van der Waals surface area contributed by atoms with E-state index in [-0.39, 0.29) is 11.5 Å². The van der Waals surface area contributed by atoms with E-state index in [9.17, 15) is 4.79 Å². The van der Waals surface area contributed by atoms with Gasteiger partial charge in [0.1, 0.15) is 11.4 Å². The second kappa shape index (κ2) is 5.73. The predicted octanol–water partition coefficient (Wildman–Crippen LogP) is 3.91. The maximum atomic E-state index is 12.2. The van der Waals surface area contributed by atoms with Gasteiger partial charge in [-0.2, -0.15) is 0 Å². The second-order valence-electron chi connectivity index (χ2n) is 7.77. The highest BCUT2D eigenvalue weighted by Gasteiger charge is 2.42. The summed E-state index contributed by atoms with van der Waals surface area (Å²) in [5, 5.41) is 0. The van der Waals surface area contributed by atoms with Crippen LogP contribution in [0.4, 0.5) is 4.79 Å². The summed E-state index contributed by atoms with van der Waals surface area (Å²) in [6, 6.07) is 6.45. The summed E-state index contributed by atoms with van der Waals surface area (Å²) in [5.74, 6) is 0.930. The summed E-state index contributed by atoms with van der Waals surface area (Å²) in [6.07, 6.45) is 4.14. The minimum absolute atomic E-state index is 0.184. The summed E-state index contributed by atoms with van der Waals surface area (Å²) in [5.41, 5.74) is 2.65. The molecule has 0 aromatic heterocycles. The van der Waals surface area contributed by atoms with Gasteiger partial charge in [0.2, 0.25) is 0 Å². The minimum atomic E-state index is -0.431. The number of carbonyl (C=O) groups is 1. The highest BCUT2D eigenvalue weighted by Crippen LogP contribution is 2.47. The van der Waals surface area contributed by atoms with Crippen molar-refractivity contribution in [2.75, 3.05) is 20.2 Å². The number of fused-ring (bicyclic) bond motifs is 2. The molecule has 0 bridgehead atoms. The molecular formula is C19H27NO3. The molecule has 23 heavy (non-hydrogen) atoms. The smallest absolute Gasteiger partial charge is 0.410 e. The molecule has 2 aliphatic rings. The van der Waals surface area contributed by atoms with E-state index in [4.69, 9.17) is 9.47 Å². The first kappa shape index (κ1) is 16.2. The Kier molecular flexibility index (Phi) is 4.03. The predicted molar refractivity (Wildman–Crippen MR) is 90.0 cm³/mol. The molecule has 4 heteroatoms. The van der Waals surface area contributed by atoms with Gasteiger partial charge in [-0.1, -0.05) is 6.07 Å². The molecule has 0 N–H and O–H groups in total. The van der Waals surface area contributed by atoms with Crippen molar-refractivity contribution in [3.8, 4) is 5.75 Å². The monoisotopic (exact) mass is 317 g/mol. The van der Waals surface area contributed by atoms with E-state index in [1.807, 2.05) is 31.7 Å². The van der Waals surface area contributed by atoms with Crippen molar-refractivity contribution >= 4 is 6.09 Å². The number of benzene rings is 1. The number of amides is 1. The minimum Gasteiger partial charge on any atom is -0.497 e. The number of piperidine rings is 1. The number of nitrogens with zero attached hydrogens (tertiary/aromatic N) is 1. The molecule has 1 aliphatic carbocycles. The highest BCUT2D eigenvalue weighted by atomic mass is 16.6. The van der Waals surface area contributed by atoms with Crippen LogP contribution in [0.25, 0.3) is 0 Å². The van der Waals surface area contributed by atoms with Crippen LogP contribution >= 0.6 is 0 Å². The number of methoxy groups -OCH3 is 1. The number of rotatable bonds is 1. The third kappa shape index (κ3) is 3.17. The molecule has 0 unspecified atom stereocenters. The summed E-state index contributed by atoms with van der Waals surface area (Å²) < 4.78 is 10.9. The lowest BCUT2D eigenvalue weighted by molar-refractivity contribution is 0.0164. The van der Waals surface area contributed by atoms with Crippen LogP contribution in [-0.4, -0.2) is 36.8 Å². The van der Waals surface area contributed by atoms with Crippen LogP contribution in [0, 0.1) is 0 Å². The molecular weight excluding hydrogens is 290 g/mol. The van der Waals surface area contributed by atoms with E-state index in [2.05, 4.69) is 12.1 Å². The van der Waals surface area contributed by atoms with Crippen LogP contribution in [0.5, 0.6) is 5.75 Å². The Balaban J connectivity index is 1.72. The van der Waals surface area contributed by atoms with E-state index in [1.54, 1.807) is 7.11 Å². The molecule has 3 rings (SSSR count). The fourth-order valence-electron chi connectivity index (χ4n) is 3.87. The first-order valence-electron chi connectivity index (χ1n) is 8.48. The van der Waals surface area contributed by atoms with Crippen molar-refractivity contribution in [2.24, 2.45) is 0 Å². The van der Waals surface area contributed by atoms with E-state index < -0.39 is 5.60 Å². The zero-order valence-electron chi connectivity index (χ0n) is 14.6. The quantitative estimate of drug-likeness (QED) is 0.788. The maximum Gasteiger partial charge on any atom is 0.410 e. The number of likely N-dealkylation sites (tertiary alicyclic amines) is 1. The molecule has 1 heterocycles. The third-order valence-corrected chi connectivity index (χ3v) is 5.13. The Labute approximate surface area is 138 Å². The van der Waals surface area contributed by atoms with Crippen LogP contribution in [0.15, 0.2) is 18.2 Å². The van der Waals surface area contributed by atoms with Crippen molar-refractivity contribution in [1.29, 1.82) is 0 Å². The molecule has 126 valence electrons. The van der Waals surface area contributed by atoms with Gasteiger partial charge in [-0.15, -0.1) is 0 Å². The van der Waals surface area contributed by atoms with Gasteiger partial charge in [0, 0.05) is 13.1 Å². The molecule has 1 aromatic carbocycles. The molecule has 1 amide bonds. The van der Waals surface area contributed by atoms with E-state index in [1.165, 1.54) is 17.5 Å². The molecule has 1 saturated heterocycles. The Morgan fingerprint density at radius 1 is 1.17 bits per heavy atom. The molecule has 0 saturated carbocycles.